The minimum Gasteiger partial charge on any atom is -0.396 e. The van der Waals surface area contributed by atoms with Crippen LogP contribution in [-0.2, 0) is 21.6 Å². The summed E-state index contributed by atoms with van der Waals surface area (Å²) in [6.45, 7) is 8.80. The molecule has 32 heavy (non-hydrogen) atoms. The largest absolute Gasteiger partial charge is 0.396 e. The lowest BCUT2D eigenvalue weighted by Gasteiger charge is -2.33. The zero-order valence-corrected chi connectivity index (χ0v) is 22.8. The van der Waals surface area contributed by atoms with Crippen LogP contribution in [0.25, 0.3) is 0 Å². The minimum absolute atomic E-state index is 0.0367. The molecule has 0 radical (unpaired) electrons. The van der Waals surface area contributed by atoms with E-state index in [1.807, 2.05) is 0 Å². The van der Waals surface area contributed by atoms with Gasteiger partial charge in [-0.15, -0.1) is 0 Å². The van der Waals surface area contributed by atoms with Gasteiger partial charge in [-0.05, 0) is 75.0 Å². The Balaban J connectivity index is 1.77. The van der Waals surface area contributed by atoms with E-state index in [2.05, 4.69) is 27.7 Å². The van der Waals surface area contributed by atoms with Crippen LogP contribution in [0.1, 0.15) is 118 Å². The van der Waals surface area contributed by atoms with Crippen molar-refractivity contribution in [3.8, 4) is 0 Å². The van der Waals surface area contributed by atoms with E-state index in [0.29, 0.717) is 10.5 Å². The maximum absolute atomic E-state index is 13.2. The molecule has 0 amide bonds. The van der Waals surface area contributed by atoms with E-state index in [4.69, 9.17) is 0 Å². The van der Waals surface area contributed by atoms with Gasteiger partial charge < -0.3 is 10.2 Å². The Morgan fingerprint density at radius 2 is 0.938 bits per heavy atom. The second kappa shape index (κ2) is 13.3. The van der Waals surface area contributed by atoms with Crippen molar-refractivity contribution in [2.24, 2.45) is 10.8 Å². The number of hydrogen-bond donors (Lipinski definition) is 2. The third kappa shape index (κ3) is 9.11. The molecule has 0 aromatic rings. The fraction of sp³-hybridized carbons (Fsp3) is 1.00. The van der Waals surface area contributed by atoms with Crippen molar-refractivity contribution in [1.29, 1.82) is 0 Å². The van der Waals surface area contributed by atoms with Gasteiger partial charge in [-0.3, -0.25) is 8.42 Å². The highest BCUT2D eigenvalue weighted by molar-refractivity contribution is 7.86. The van der Waals surface area contributed by atoms with Crippen molar-refractivity contribution >= 4 is 21.6 Å². The molecular weight excluding hydrogens is 440 g/mol. The summed E-state index contributed by atoms with van der Waals surface area (Å²) in [5.74, 6) is 0. The second-order valence-electron chi connectivity index (χ2n) is 12.0. The van der Waals surface area contributed by atoms with Crippen molar-refractivity contribution < 1.29 is 18.6 Å². The quantitative estimate of drug-likeness (QED) is 0.358. The molecule has 0 aromatic heterocycles. The SMILES string of the molecule is CC(C)(CO)CCCC1CCCC(CCC2CCCC(CCCC(C)(C)CO)S2=O)S1=O. The van der Waals surface area contributed by atoms with Crippen LogP contribution in [0.2, 0.25) is 0 Å². The van der Waals surface area contributed by atoms with E-state index in [1.54, 1.807) is 0 Å². The topological polar surface area (TPSA) is 74.6 Å². The van der Waals surface area contributed by atoms with Gasteiger partial charge in [0.2, 0.25) is 0 Å². The monoisotopic (exact) mass is 490 g/mol. The molecule has 2 rings (SSSR count). The maximum Gasteiger partial charge on any atom is 0.0482 e. The lowest BCUT2D eigenvalue weighted by molar-refractivity contribution is 0.147. The molecule has 6 atom stereocenters. The van der Waals surface area contributed by atoms with Gasteiger partial charge in [0, 0.05) is 55.8 Å². The zero-order chi connectivity index (χ0) is 23.8. The first-order valence-corrected chi connectivity index (χ1v) is 15.6. The van der Waals surface area contributed by atoms with E-state index in [1.165, 1.54) is 12.8 Å². The summed E-state index contributed by atoms with van der Waals surface area (Å²) in [6.07, 6.45) is 14.6. The van der Waals surface area contributed by atoms with Crippen molar-refractivity contribution in [1.82, 2.24) is 0 Å². The average molecular weight is 491 g/mol. The molecule has 0 aliphatic carbocycles. The molecule has 2 fully saturated rings. The van der Waals surface area contributed by atoms with Crippen LogP contribution in [0.15, 0.2) is 0 Å². The molecule has 2 saturated heterocycles. The number of aliphatic hydroxyl groups excluding tert-OH is 2. The standard InChI is InChI=1S/C26H50O4S2/c1-25(2,19-27)17-7-13-21-9-5-11-23(31(21)29)15-16-24-12-6-10-22(32(24)30)14-8-18-26(3,4)20-28/h21-24,27-28H,5-20H2,1-4H3. The van der Waals surface area contributed by atoms with Crippen LogP contribution >= 0.6 is 0 Å². The Labute approximate surface area is 202 Å². The fourth-order valence-corrected chi connectivity index (χ4v) is 9.56. The molecule has 190 valence electrons. The molecule has 0 saturated carbocycles. The van der Waals surface area contributed by atoms with E-state index >= 15 is 0 Å². The summed E-state index contributed by atoms with van der Waals surface area (Å²) >= 11 is 0. The van der Waals surface area contributed by atoms with Gasteiger partial charge in [-0.1, -0.05) is 53.4 Å². The Hall–Kier alpha value is 0.220. The highest BCUT2D eigenvalue weighted by Gasteiger charge is 2.34. The molecule has 2 aliphatic heterocycles. The summed E-state index contributed by atoms with van der Waals surface area (Å²) in [4.78, 5) is 0. The van der Waals surface area contributed by atoms with Gasteiger partial charge in [0.05, 0.1) is 0 Å². The maximum atomic E-state index is 13.2. The number of hydrogen-bond acceptors (Lipinski definition) is 4. The average Bonchev–Trinajstić information content (AvgIpc) is 2.76. The third-order valence-corrected chi connectivity index (χ3v) is 12.4. The summed E-state index contributed by atoms with van der Waals surface area (Å²) in [7, 11) is -1.54. The molecule has 0 bridgehead atoms. The van der Waals surface area contributed by atoms with Crippen LogP contribution in [0.3, 0.4) is 0 Å². The van der Waals surface area contributed by atoms with E-state index in [-0.39, 0.29) is 34.5 Å². The Morgan fingerprint density at radius 3 is 1.25 bits per heavy atom. The van der Waals surface area contributed by atoms with E-state index in [9.17, 15) is 18.6 Å². The molecule has 4 nitrogen and oxygen atoms in total. The smallest absolute Gasteiger partial charge is 0.0482 e. The fourth-order valence-electron chi connectivity index (χ4n) is 5.34. The van der Waals surface area contributed by atoms with Crippen molar-refractivity contribution in [2.75, 3.05) is 13.2 Å². The molecule has 0 aromatic carbocycles. The number of aliphatic hydroxyl groups is 2. The Kier molecular flexibility index (Phi) is 11.9. The highest BCUT2D eigenvalue weighted by atomic mass is 32.2. The normalized spacial score (nSPS) is 32.2. The van der Waals surface area contributed by atoms with Gasteiger partial charge in [0.25, 0.3) is 0 Å². The molecule has 2 aliphatic rings. The summed E-state index contributed by atoms with van der Waals surface area (Å²) in [5.41, 5.74) is -0.0734. The molecule has 6 heteroatoms. The lowest BCUT2D eigenvalue weighted by Crippen LogP contribution is -2.35. The molecule has 2 heterocycles. The highest BCUT2D eigenvalue weighted by Crippen LogP contribution is 2.34. The first-order chi connectivity index (χ1) is 15.1. The van der Waals surface area contributed by atoms with Gasteiger partial charge >= 0.3 is 0 Å². The van der Waals surface area contributed by atoms with Crippen molar-refractivity contribution in [2.45, 2.75) is 139 Å². The lowest BCUT2D eigenvalue weighted by atomic mass is 9.87. The molecule has 2 N–H and O–H groups in total. The zero-order valence-electron chi connectivity index (χ0n) is 21.2. The van der Waals surface area contributed by atoms with Crippen LogP contribution in [0.4, 0.5) is 0 Å². The van der Waals surface area contributed by atoms with E-state index in [0.717, 1.165) is 77.0 Å². The van der Waals surface area contributed by atoms with Gasteiger partial charge in [0.1, 0.15) is 0 Å². The summed E-state index contributed by atoms with van der Waals surface area (Å²) in [6, 6.07) is 0. The Morgan fingerprint density at radius 1 is 0.625 bits per heavy atom. The minimum atomic E-state index is -0.771. The van der Waals surface area contributed by atoms with Gasteiger partial charge in [-0.2, -0.15) is 0 Å². The van der Waals surface area contributed by atoms with Crippen LogP contribution in [-0.4, -0.2) is 52.8 Å². The third-order valence-electron chi connectivity index (χ3n) is 7.84. The first-order valence-electron chi connectivity index (χ1n) is 13.1. The van der Waals surface area contributed by atoms with Crippen molar-refractivity contribution in [3.05, 3.63) is 0 Å². The number of rotatable bonds is 13. The van der Waals surface area contributed by atoms with Gasteiger partial charge in [0.15, 0.2) is 0 Å². The van der Waals surface area contributed by atoms with Gasteiger partial charge in [-0.25, -0.2) is 0 Å². The Bertz CT molecular complexity index is 553. The molecular formula is C26H50O4S2. The van der Waals surface area contributed by atoms with Crippen LogP contribution in [0, 0.1) is 10.8 Å². The van der Waals surface area contributed by atoms with E-state index < -0.39 is 21.6 Å². The van der Waals surface area contributed by atoms with Crippen LogP contribution in [0.5, 0.6) is 0 Å². The van der Waals surface area contributed by atoms with Crippen LogP contribution < -0.4 is 0 Å². The molecule has 0 spiro atoms. The summed E-state index contributed by atoms with van der Waals surface area (Å²) < 4.78 is 26.4. The first kappa shape index (κ1) is 28.5. The van der Waals surface area contributed by atoms with Crippen molar-refractivity contribution in [3.63, 3.8) is 0 Å². The predicted molar refractivity (Wildman–Crippen MR) is 138 cm³/mol. The second-order valence-corrected chi connectivity index (χ2v) is 16.0. The summed E-state index contributed by atoms with van der Waals surface area (Å²) in [5, 5.41) is 20.1. The molecule has 6 unspecified atom stereocenters. The predicted octanol–water partition coefficient (Wildman–Crippen LogP) is 5.48.